The van der Waals surface area contributed by atoms with Gasteiger partial charge in [0, 0.05) is 12.2 Å². The normalized spacial score (nSPS) is 20.5. The molecule has 2 heterocycles. The Morgan fingerprint density at radius 1 is 1.60 bits per heavy atom. The molecule has 0 spiro atoms. The molecule has 1 unspecified atom stereocenters. The highest BCUT2D eigenvalue weighted by molar-refractivity contribution is 7.98. The predicted molar refractivity (Wildman–Crippen MR) is 59.4 cm³/mol. The Labute approximate surface area is 92.9 Å². The first-order valence-electron chi connectivity index (χ1n) is 4.77. The molecule has 1 aliphatic rings. The lowest BCUT2D eigenvalue weighted by Gasteiger charge is -2.23. The second-order valence-electron chi connectivity index (χ2n) is 3.65. The first-order valence-corrected chi connectivity index (χ1v) is 6.00. The average Bonchev–Trinajstić information content (AvgIpc) is 2.55. The van der Waals surface area contributed by atoms with Crippen LogP contribution in [0.4, 0.5) is 5.82 Å². The number of aliphatic hydroxyl groups is 1. The summed E-state index contributed by atoms with van der Waals surface area (Å²) in [5.74, 6) is 0.704. The molecule has 0 fully saturated rings. The third-order valence-electron chi connectivity index (χ3n) is 2.31. The van der Waals surface area contributed by atoms with Crippen molar-refractivity contribution in [1.29, 1.82) is 0 Å². The summed E-state index contributed by atoms with van der Waals surface area (Å²) in [6, 6.07) is 0.201. The smallest absolute Gasteiger partial charge is 0.189 e. The van der Waals surface area contributed by atoms with E-state index in [1.165, 1.54) is 11.8 Å². The molecule has 1 aliphatic heterocycles. The quantitative estimate of drug-likeness (QED) is 0.584. The molecule has 6 heteroatoms. The van der Waals surface area contributed by atoms with E-state index in [1.54, 1.807) is 11.2 Å². The van der Waals surface area contributed by atoms with Crippen molar-refractivity contribution in [2.24, 2.45) is 0 Å². The van der Waals surface area contributed by atoms with E-state index in [-0.39, 0.29) is 6.04 Å². The number of hydrazine groups is 1. The van der Waals surface area contributed by atoms with Crippen LogP contribution in [0.2, 0.25) is 0 Å². The fraction of sp³-hybridized carbons (Fsp3) is 0.556. The molecule has 5 nitrogen and oxygen atoms in total. The predicted octanol–water partition coefficient (Wildman–Crippen LogP) is 1.24. The molecule has 0 aliphatic carbocycles. The van der Waals surface area contributed by atoms with E-state index in [9.17, 15) is 5.11 Å². The Morgan fingerprint density at radius 2 is 2.33 bits per heavy atom. The van der Waals surface area contributed by atoms with Crippen molar-refractivity contribution in [2.75, 3.05) is 11.7 Å². The van der Waals surface area contributed by atoms with Gasteiger partial charge in [0.2, 0.25) is 0 Å². The number of hydrogen-bond acceptors (Lipinski definition) is 6. The van der Waals surface area contributed by atoms with Crippen LogP contribution in [-0.4, -0.2) is 32.4 Å². The number of anilines is 1. The van der Waals surface area contributed by atoms with E-state index >= 15 is 0 Å². The fourth-order valence-electron chi connectivity index (χ4n) is 1.50. The van der Waals surface area contributed by atoms with Gasteiger partial charge in [-0.1, -0.05) is 11.8 Å². The molecule has 1 aromatic rings. The minimum absolute atomic E-state index is 0.201. The van der Waals surface area contributed by atoms with Crippen molar-refractivity contribution in [2.45, 2.75) is 31.3 Å². The summed E-state index contributed by atoms with van der Waals surface area (Å²) in [5, 5.41) is 12.4. The van der Waals surface area contributed by atoms with E-state index < -0.39 is 6.23 Å². The first-order chi connectivity index (χ1) is 7.13. The maximum atomic E-state index is 9.95. The Morgan fingerprint density at radius 3 is 2.93 bits per heavy atom. The van der Waals surface area contributed by atoms with Crippen molar-refractivity contribution >= 4 is 17.6 Å². The highest BCUT2D eigenvalue weighted by Crippen LogP contribution is 2.33. The minimum Gasteiger partial charge on any atom is -0.372 e. The zero-order valence-electron chi connectivity index (χ0n) is 8.93. The van der Waals surface area contributed by atoms with E-state index in [0.717, 1.165) is 5.56 Å². The van der Waals surface area contributed by atoms with Crippen LogP contribution in [0.5, 0.6) is 0 Å². The van der Waals surface area contributed by atoms with Crippen LogP contribution in [0.3, 0.4) is 0 Å². The van der Waals surface area contributed by atoms with Crippen molar-refractivity contribution in [3.05, 3.63) is 11.8 Å². The van der Waals surface area contributed by atoms with Crippen molar-refractivity contribution in [3.8, 4) is 0 Å². The summed E-state index contributed by atoms with van der Waals surface area (Å²) in [6.45, 7) is 4.01. The highest BCUT2D eigenvalue weighted by atomic mass is 32.2. The largest absolute Gasteiger partial charge is 0.372 e. The second-order valence-corrected chi connectivity index (χ2v) is 4.42. The molecular weight excluding hydrogens is 212 g/mol. The number of aromatic nitrogens is 2. The van der Waals surface area contributed by atoms with Gasteiger partial charge in [0.25, 0.3) is 0 Å². The monoisotopic (exact) mass is 226 g/mol. The molecule has 0 amide bonds. The number of hydrogen-bond donors (Lipinski definition) is 2. The summed E-state index contributed by atoms with van der Waals surface area (Å²) < 4.78 is 0. The van der Waals surface area contributed by atoms with Crippen LogP contribution in [-0.2, 0) is 0 Å². The van der Waals surface area contributed by atoms with Crippen molar-refractivity contribution in [3.63, 3.8) is 0 Å². The Kier molecular flexibility index (Phi) is 2.81. The molecule has 82 valence electrons. The van der Waals surface area contributed by atoms with Crippen LogP contribution < -0.4 is 5.43 Å². The lowest BCUT2D eigenvalue weighted by atomic mass is 10.3. The summed E-state index contributed by atoms with van der Waals surface area (Å²) in [6.07, 6.45) is 2.94. The second kappa shape index (κ2) is 3.96. The molecule has 1 aromatic heterocycles. The maximum Gasteiger partial charge on any atom is 0.189 e. The number of nitrogens with one attached hydrogen (secondary N) is 1. The molecule has 2 rings (SSSR count). The number of aliphatic hydroxyl groups excluding tert-OH is 1. The van der Waals surface area contributed by atoms with Crippen LogP contribution in [0, 0.1) is 0 Å². The molecule has 0 saturated heterocycles. The van der Waals surface area contributed by atoms with Gasteiger partial charge >= 0.3 is 0 Å². The molecule has 1 atom stereocenters. The SMILES string of the molecule is CSc1ncc2c(n1)NN(C(C)C)C2O. The topological polar surface area (TPSA) is 61.3 Å². The lowest BCUT2D eigenvalue weighted by molar-refractivity contribution is 0.0129. The van der Waals surface area contributed by atoms with Gasteiger partial charge in [-0.2, -0.15) is 5.01 Å². The van der Waals surface area contributed by atoms with E-state index in [4.69, 9.17) is 0 Å². The van der Waals surface area contributed by atoms with Gasteiger partial charge in [-0.05, 0) is 20.1 Å². The lowest BCUT2D eigenvalue weighted by Crippen LogP contribution is -2.34. The van der Waals surface area contributed by atoms with Crippen LogP contribution in [0.1, 0.15) is 25.6 Å². The fourth-order valence-corrected chi connectivity index (χ4v) is 1.84. The zero-order chi connectivity index (χ0) is 11.0. The van der Waals surface area contributed by atoms with E-state index in [1.807, 2.05) is 20.1 Å². The molecule has 15 heavy (non-hydrogen) atoms. The van der Waals surface area contributed by atoms with Gasteiger partial charge in [-0.25, -0.2) is 9.97 Å². The summed E-state index contributed by atoms with van der Waals surface area (Å²) in [5.41, 5.74) is 3.81. The summed E-state index contributed by atoms with van der Waals surface area (Å²) >= 11 is 1.48. The van der Waals surface area contributed by atoms with E-state index in [2.05, 4.69) is 15.4 Å². The highest BCUT2D eigenvalue weighted by Gasteiger charge is 2.31. The van der Waals surface area contributed by atoms with Gasteiger partial charge in [0.05, 0.1) is 5.56 Å². The number of thioether (sulfide) groups is 1. The van der Waals surface area contributed by atoms with Crippen LogP contribution in [0.15, 0.2) is 11.4 Å². The van der Waals surface area contributed by atoms with Gasteiger partial charge in [-0.15, -0.1) is 0 Å². The minimum atomic E-state index is -0.657. The third-order valence-corrected chi connectivity index (χ3v) is 2.87. The Balaban J connectivity index is 2.32. The van der Waals surface area contributed by atoms with Gasteiger partial charge < -0.3 is 5.11 Å². The molecule has 0 saturated carbocycles. The summed E-state index contributed by atoms with van der Waals surface area (Å²) in [4.78, 5) is 8.43. The Hall–Kier alpha value is -0.850. The molecule has 2 N–H and O–H groups in total. The molecule has 0 bridgehead atoms. The van der Waals surface area contributed by atoms with Crippen molar-refractivity contribution in [1.82, 2.24) is 15.0 Å². The van der Waals surface area contributed by atoms with E-state index in [0.29, 0.717) is 11.0 Å². The van der Waals surface area contributed by atoms with Crippen molar-refractivity contribution < 1.29 is 5.11 Å². The number of fused-ring (bicyclic) bond motifs is 1. The molecule has 0 aromatic carbocycles. The molecular formula is C9H14N4OS. The van der Waals surface area contributed by atoms with Gasteiger partial charge in [0.1, 0.15) is 0 Å². The van der Waals surface area contributed by atoms with Crippen LogP contribution >= 0.6 is 11.8 Å². The van der Waals surface area contributed by atoms with Gasteiger partial charge in [-0.3, -0.25) is 5.43 Å². The third kappa shape index (κ3) is 1.80. The molecule has 0 radical (unpaired) electrons. The first kappa shape index (κ1) is 10.7. The van der Waals surface area contributed by atoms with Crippen LogP contribution in [0.25, 0.3) is 0 Å². The Bertz CT molecular complexity index is 371. The average molecular weight is 226 g/mol. The number of nitrogens with zero attached hydrogens (tertiary/aromatic N) is 3. The number of rotatable bonds is 2. The zero-order valence-corrected chi connectivity index (χ0v) is 9.75. The standard InChI is InChI=1S/C9H14N4OS/c1-5(2)13-8(14)6-4-10-9(15-3)11-7(6)12-13/h4-5,8,14H,1-3H3,(H,10,11,12). The maximum absolute atomic E-state index is 9.95. The van der Waals surface area contributed by atoms with Gasteiger partial charge in [0.15, 0.2) is 17.2 Å². The summed E-state index contributed by atoms with van der Waals surface area (Å²) in [7, 11) is 0.